The number of benzene rings is 2. The Morgan fingerprint density at radius 2 is 1.72 bits per heavy atom. The Labute approximate surface area is 171 Å². The van der Waals surface area contributed by atoms with Crippen LogP contribution < -0.4 is 9.64 Å². The van der Waals surface area contributed by atoms with Crippen molar-refractivity contribution in [3.63, 3.8) is 0 Å². The molecule has 2 aliphatic heterocycles. The molecule has 0 spiro atoms. The van der Waals surface area contributed by atoms with Gasteiger partial charge in [-0.05, 0) is 62.9 Å². The molecular formula is C24H26N2O3. The molecule has 0 fully saturated rings. The molecule has 0 saturated heterocycles. The van der Waals surface area contributed by atoms with Crippen molar-refractivity contribution in [3.8, 4) is 5.75 Å². The first-order valence-corrected chi connectivity index (χ1v) is 10.2. The number of anilines is 1. The number of fused-ring (bicyclic) bond motifs is 1. The van der Waals surface area contributed by atoms with Gasteiger partial charge in [0.1, 0.15) is 11.4 Å². The maximum absolute atomic E-state index is 13.4. The van der Waals surface area contributed by atoms with E-state index in [0.717, 1.165) is 36.4 Å². The molecule has 2 aromatic carbocycles. The van der Waals surface area contributed by atoms with Gasteiger partial charge in [-0.1, -0.05) is 30.3 Å². The van der Waals surface area contributed by atoms with Crippen LogP contribution in [0.25, 0.3) is 5.57 Å². The lowest BCUT2D eigenvalue weighted by Crippen LogP contribution is -2.40. The van der Waals surface area contributed by atoms with E-state index in [1.807, 2.05) is 68.1 Å². The summed E-state index contributed by atoms with van der Waals surface area (Å²) in [5.74, 6) is 0.303. The summed E-state index contributed by atoms with van der Waals surface area (Å²) in [5.41, 5.74) is 3.93. The number of nitrogens with zero attached hydrogens (tertiary/aromatic N) is 2. The molecule has 2 heterocycles. The van der Waals surface area contributed by atoms with Gasteiger partial charge in [0.25, 0.3) is 11.8 Å². The fourth-order valence-electron chi connectivity index (χ4n) is 4.16. The zero-order chi connectivity index (χ0) is 20.5. The number of imide groups is 1. The summed E-state index contributed by atoms with van der Waals surface area (Å²) in [6.45, 7) is 6.98. The van der Waals surface area contributed by atoms with Gasteiger partial charge < -0.3 is 9.64 Å². The number of aryl methyl sites for hydroxylation is 1. The summed E-state index contributed by atoms with van der Waals surface area (Å²) in [4.78, 5) is 30.1. The lowest BCUT2D eigenvalue weighted by molar-refractivity contribution is -0.138. The highest BCUT2D eigenvalue weighted by Gasteiger charge is 2.43. The van der Waals surface area contributed by atoms with Gasteiger partial charge in [0, 0.05) is 18.3 Å². The van der Waals surface area contributed by atoms with E-state index < -0.39 is 0 Å². The summed E-state index contributed by atoms with van der Waals surface area (Å²) in [6, 6.07) is 15.4. The highest BCUT2D eigenvalue weighted by molar-refractivity contribution is 6.37. The van der Waals surface area contributed by atoms with Crippen LogP contribution in [0.4, 0.5) is 5.69 Å². The Morgan fingerprint density at radius 1 is 1.00 bits per heavy atom. The summed E-state index contributed by atoms with van der Waals surface area (Å²) < 4.78 is 5.53. The smallest absolute Gasteiger partial charge is 0.278 e. The number of amides is 2. The third-order valence-corrected chi connectivity index (χ3v) is 5.44. The second kappa shape index (κ2) is 7.74. The van der Waals surface area contributed by atoms with Crippen LogP contribution in [0.1, 0.15) is 38.3 Å². The quantitative estimate of drug-likeness (QED) is 0.724. The van der Waals surface area contributed by atoms with Crippen molar-refractivity contribution in [2.24, 2.45) is 0 Å². The number of hydrogen-bond acceptors (Lipinski definition) is 4. The second-order valence-corrected chi connectivity index (χ2v) is 7.64. The van der Waals surface area contributed by atoms with E-state index in [2.05, 4.69) is 6.07 Å². The average Bonchev–Trinajstić information content (AvgIpc) is 2.98. The molecule has 150 valence electrons. The van der Waals surface area contributed by atoms with Crippen LogP contribution in [0.15, 0.2) is 54.2 Å². The molecule has 0 atom stereocenters. The van der Waals surface area contributed by atoms with Crippen molar-refractivity contribution in [1.29, 1.82) is 0 Å². The van der Waals surface area contributed by atoms with Gasteiger partial charge in [-0.2, -0.15) is 0 Å². The Bertz CT molecular complexity index is 976. The predicted octanol–water partition coefficient (Wildman–Crippen LogP) is 4.03. The van der Waals surface area contributed by atoms with Crippen LogP contribution in [0.3, 0.4) is 0 Å². The van der Waals surface area contributed by atoms with Gasteiger partial charge in [0.05, 0.1) is 12.2 Å². The molecule has 0 bridgehead atoms. The van der Waals surface area contributed by atoms with E-state index in [1.165, 1.54) is 10.5 Å². The molecule has 0 radical (unpaired) electrons. The molecule has 0 N–H and O–H groups in total. The molecule has 0 unspecified atom stereocenters. The van der Waals surface area contributed by atoms with Gasteiger partial charge >= 0.3 is 0 Å². The predicted molar refractivity (Wildman–Crippen MR) is 114 cm³/mol. The minimum absolute atomic E-state index is 0.203. The standard InChI is InChI=1S/C24H26N2O3/c1-4-29-19-13-11-18(12-14-19)21-22(24(28)26(16(2)3)23(21)27)25-15-7-9-17-8-5-6-10-20(17)25/h5-6,8,10-14,16H,4,7,9,15H2,1-3H3. The van der Waals surface area contributed by atoms with Crippen molar-refractivity contribution in [2.45, 2.75) is 39.7 Å². The van der Waals surface area contributed by atoms with Gasteiger partial charge in [-0.3, -0.25) is 14.5 Å². The first kappa shape index (κ1) is 19.2. The third kappa shape index (κ3) is 3.31. The lowest BCUT2D eigenvalue weighted by atomic mass is 9.98. The van der Waals surface area contributed by atoms with Gasteiger partial charge in [0.2, 0.25) is 0 Å². The average molecular weight is 390 g/mol. The maximum Gasteiger partial charge on any atom is 0.278 e. The zero-order valence-corrected chi connectivity index (χ0v) is 17.1. The number of ether oxygens (including phenoxy) is 1. The number of para-hydroxylation sites is 1. The normalized spacial score (nSPS) is 16.7. The molecule has 4 rings (SSSR count). The van der Waals surface area contributed by atoms with Crippen LogP contribution in [0.2, 0.25) is 0 Å². The van der Waals surface area contributed by atoms with Crippen molar-refractivity contribution in [3.05, 3.63) is 65.4 Å². The zero-order valence-electron chi connectivity index (χ0n) is 17.1. The number of carbonyl (C=O) groups excluding carboxylic acids is 2. The number of rotatable bonds is 5. The summed E-state index contributed by atoms with van der Waals surface area (Å²) in [6.07, 6.45) is 1.93. The second-order valence-electron chi connectivity index (χ2n) is 7.64. The largest absolute Gasteiger partial charge is 0.494 e. The minimum atomic E-state index is -0.229. The van der Waals surface area contributed by atoms with Crippen molar-refractivity contribution in [2.75, 3.05) is 18.1 Å². The van der Waals surface area contributed by atoms with Crippen LogP contribution in [-0.4, -0.2) is 35.9 Å². The summed E-state index contributed by atoms with van der Waals surface area (Å²) in [7, 11) is 0. The molecule has 0 aliphatic carbocycles. The molecule has 2 aromatic rings. The highest BCUT2D eigenvalue weighted by atomic mass is 16.5. The molecule has 0 saturated carbocycles. The maximum atomic E-state index is 13.4. The Morgan fingerprint density at radius 3 is 2.41 bits per heavy atom. The van der Waals surface area contributed by atoms with Crippen molar-refractivity contribution in [1.82, 2.24) is 4.90 Å². The Hall–Kier alpha value is -3.08. The number of carbonyl (C=O) groups is 2. The summed E-state index contributed by atoms with van der Waals surface area (Å²) >= 11 is 0. The first-order chi connectivity index (χ1) is 14.0. The van der Waals surface area contributed by atoms with Crippen molar-refractivity contribution >= 4 is 23.1 Å². The SMILES string of the molecule is CCOc1ccc(C2=C(N3CCCc4ccccc43)C(=O)N(C(C)C)C2=O)cc1. The molecule has 5 nitrogen and oxygen atoms in total. The van der Waals surface area contributed by atoms with Crippen molar-refractivity contribution < 1.29 is 14.3 Å². The van der Waals surface area contributed by atoms with Crippen LogP contribution in [0.5, 0.6) is 5.75 Å². The van der Waals surface area contributed by atoms with E-state index in [4.69, 9.17) is 4.74 Å². The van der Waals surface area contributed by atoms with Crippen LogP contribution in [-0.2, 0) is 16.0 Å². The molecule has 5 heteroatoms. The van der Waals surface area contributed by atoms with E-state index in [9.17, 15) is 9.59 Å². The molecular weight excluding hydrogens is 364 g/mol. The van der Waals surface area contributed by atoms with Gasteiger partial charge in [-0.25, -0.2) is 0 Å². The molecule has 0 aromatic heterocycles. The van der Waals surface area contributed by atoms with Crippen LogP contribution in [0, 0.1) is 0 Å². The Balaban J connectivity index is 1.86. The molecule has 2 amide bonds. The Kier molecular flexibility index (Phi) is 5.14. The number of hydrogen-bond donors (Lipinski definition) is 0. The first-order valence-electron chi connectivity index (χ1n) is 10.2. The van der Waals surface area contributed by atoms with Crippen LogP contribution >= 0.6 is 0 Å². The van der Waals surface area contributed by atoms with Gasteiger partial charge in [0.15, 0.2) is 0 Å². The van der Waals surface area contributed by atoms with E-state index >= 15 is 0 Å². The fourth-order valence-corrected chi connectivity index (χ4v) is 4.16. The van der Waals surface area contributed by atoms with E-state index in [-0.39, 0.29) is 17.9 Å². The highest BCUT2D eigenvalue weighted by Crippen LogP contribution is 2.38. The van der Waals surface area contributed by atoms with E-state index in [0.29, 0.717) is 17.9 Å². The van der Waals surface area contributed by atoms with E-state index in [1.54, 1.807) is 0 Å². The molecule has 2 aliphatic rings. The fraction of sp³-hybridized carbons (Fsp3) is 0.333. The van der Waals surface area contributed by atoms with Gasteiger partial charge in [-0.15, -0.1) is 0 Å². The lowest BCUT2D eigenvalue weighted by Gasteiger charge is -2.32. The third-order valence-electron chi connectivity index (χ3n) is 5.44. The molecule has 29 heavy (non-hydrogen) atoms. The minimum Gasteiger partial charge on any atom is -0.494 e. The monoisotopic (exact) mass is 390 g/mol. The summed E-state index contributed by atoms with van der Waals surface area (Å²) in [5, 5.41) is 0. The topological polar surface area (TPSA) is 49.9 Å².